The number of nitrogens with one attached hydrogen (secondary N) is 1. The summed E-state index contributed by atoms with van der Waals surface area (Å²) in [6.45, 7) is 2.58. The molecular formula is C25H23F2N7O. The number of hydrogen-bond acceptors (Lipinski definition) is 6. The minimum atomic E-state index is -0.584. The zero-order valence-corrected chi connectivity index (χ0v) is 19.0. The van der Waals surface area contributed by atoms with Gasteiger partial charge < -0.3 is 9.64 Å². The summed E-state index contributed by atoms with van der Waals surface area (Å²) in [5.74, 6) is -0.0455. The Balaban J connectivity index is 1.64. The maximum Gasteiger partial charge on any atom is 0.213 e. The number of ether oxygens (including phenoxy) is 1. The van der Waals surface area contributed by atoms with Crippen LogP contribution < -0.4 is 10.4 Å². The third-order valence-electron chi connectivity index (χ3n) is 5.72. The van der Waals surface area contributed by atoms with E-state index in [0.29, 0.717) is 43.3 Å². The predicted molar refractivity (Wildman–Crippen MR) is 128 cm³/mol. The lowest BCUT2D eigenvalue weighted by molar-refractivity contribution is 0.122. The van der Waals surface area contributed by atoms with E-state index < -0.39 is 5.95 Å². The van der Waals surface area contributed by atoms with Crippen LogP contribution in [0.3, 0.4) is 0 Å². The van der Waals surface area contributed by atoms with Gasteiger partial charge in [-0.2, -0.15) is 14.6 Å². The molecule has 0 radical (unpaired) electrons. The first-order chi connectivity index (χ1) is 17.0. The fourth-order valence-electron chi connectivity index (χ4n) is 4.06. The van der Waals surface area contributed by atoms with E-state index in [1.165, 1.54) is 29.1 Å². The summed E-state index contributed by atoms with van der Waals surface area (Å²) >= 11 is 0. The Morgan fingerprint density at radius 2 is 1.77 bits per heavy atom. The van der Waals surface area contributed by atoms with Crippen molar-refractivity contribution in [3.05, 3.63) is 77.5 Å². The molecule has 178 valence electrons. The van der Waals surface area contributed by atoms with Crippen molar-refractivity contribution in [1.82, 2.24) is 24.5 Å². The van der Waals surface area contributed by atoms with Crippen molar-refractivity contribution < 1.29 is 13.5 Å². The summed E-state index contributed by atoms with van der Waals surface area (Å²) in [6, 6.07) is 12.6. The molecule has 1 fully saturated rings. The topological polar surface area (TPSA) is 84.8 Å². The zero-order chi connectivity index (χ0) is 24.4. The molecule has 8 nitrogen and oxygen atoms in total. The molecule has 4 heterocycles. The second-order valence-electron chi connectivity index (χ2n) is 8.05. The number of benzene rings is 1. The van der Waals surface area contributed by atoms with Crippen molar-refractivity contribution >= 4 is 18.1 Å². The molecule has 0 bridgehead atoms. The molecule has 1 aromatic carbocycles. The lowest BCUT2D eigenvalue weighted by atomic mass is 10.0. The van der Waals surface area contributed by atoms with Crippen molar-refractivity contribution in [1.29, 1.82) is 5.41 Å². The van der Waals surface area contributed by atoms with Gasteiger partial charge in [-0.15, -0.1) is 0 Å². The monoisotopic (exact) mass is 475 g/mol. The molecule has 0 spiro atoms. The predicted octanol–water partition coefficient (Wildman–Crippen LogP) is 3.57. The molecule has 1 saturated heterocycles. The van der Waals surface area contributed by atoms with Crippen LogP contribution in [0.15, 0.2) is 54.7 Å². The van der Waals surface area contributed by atoms with Gasteiger partial charge in [0.05, 0.1) is 24.5 Å². The normalized spacial score (nSPS) is 14.1. The molecule has 0 aliphatic carbocycles. The SMILES string of the molecule is Cn1nc(-c2ccc(F)cc2)c(-c2ccc(=N)n(/C=C/c3ccnc(F)c3)n2)c1N1CCOCC1. The summed E-state index contributed by atoms with van der Waals surface area (Å²) in [7, 11) is 1.87. The maximum atomic E-state index is 13.6. The molecule has 0 saturated carbocycles. The fraction of sp³-hybridized carbons (Fsp3) is 0.200. The smallest absolute Gasteiger partial charge is 0.213 e. The van der Waals surface area contributed by atoms with E-state index in [2.05, 4.69) is 9.88 Å². The number of rotatable bonds is 5. The number of nitrogens with zero attached hydrogens (tertiary/aromatic N) is 6. The lowest BCUT2D eigenvalue weighted by Crippen LogP contribution is -2.37. The summed E-state index contributed by atoms with van der Waals surface area (Å²) in [4.78, 5) is 5.75. The molecule has 1 aliphatic heterocycles. The maximum absolute atomic E-state index is 13.6. The third-order valence-corrected chi connectivity index (χ3v) is 5.72. The molecule has 1 aliphatic rings. The van der Waals surface area contributed by atoms with Gasteiger partial charge in [-0.3, -0.25) is 10.1 Å². The fourth-order valence-corrected chi connectivity index (χ4v) is 4.06. The van der Waals surface area contributed by atoms with Crippen molar-refractivity contribution in [2.24, 2.45) is 7.05 Å². The first-order valence-corrected chi connectivity index (χ1v) is 11.1. The number of morpholine rings is 1. The van der Waals surface area contributed by atoms with E-state index in [4.69, 9.17) is 20.3 Å². The Bertz CT molecular complexity index is 1440. The molecule has 1 N–H and O–H groups in total. The highest BCUT2D eigenvalue weighted by Gasteiger charge is 2.26. The molecule has 3 aromatic heterocycles. The van der Waals surface area contributed by atoms with Gasteiger partial charge in [0.15, 0.2) is 0 Å². The van der Waals surface area contributed by atoms with Crippen LogP contribution in [-0.2, 0) is 11.8 Å². The first-order valence-electron chi connectivity index (χ1n) is 11.1. The number of pyridine rings is 1. The second-order valence-corrected chi connectivity index (χ2v) is 8.05. The minimum Gasteiger partial charge on any atom is -0.378 e. The summed E-state index contributed by atoms with van der Waals surface area (Å²) in [5.41, 5.74) is 3.53. The van der Waals surface area contributed by atoms with Gasteiger partial charge in [-0.25, -0.2) is 14.1 Å². The molecule has 0 amide bonds. The third kappa shape index (κ3) is 4.73. The minimum absolute atomic E-state index is 0.152. The van der Waals surface area contributed by atoms with E-state index in [9.17, 15) is 8.78 Å². The Morgan fingerprint density at radius 3 is 2.51 bits per heavy atom. The summed E-state index contributed by atoms with van der Waals surface area (Å²) in [6.07, 6.45) is 4.64. The van der Waals surface area contributed by atoms with Gasteiger partial charge in [0.25, 0.3) is 0 Å². The average molecular weight is 476 g/mol. The second kappa shape index (κ2) is 9.59. The number of halogens is 2. The Labute approximate surface area is 200 Å². The van der Waals surface area contributed by atoms with Crippen LogP contribution in [0, 0.1) is 17.2 Å². The molecular weight excluding hydrogens is 452 g/mol. The van der Waals surface area contributed by atoms with Gasteiger partial charge in [0, 0.05) is 44.2 Å². The van der Waals surface area contributed by atoms with Gasteiger partial charge >= 0.3 is 0 Å². The summed E-state index contributed by atoms with van der Waals surface area (Å²) < 4.78 is 35.8. The molecule has 5 rings (SSSR count). The van der Waals surface area contributed by atoms with Crippen molar-refractivity contribution in [3.8, 4) is 22.5 Å². The van der Waals surface area contributed by atoms with Crippen LogP contribution in [0.25, 0.3) is 34.8 Å². The highest BCUT2D eigenvalue weighted by molar-refractivity contribution is 5.88. The Kier molecular flexibility index (Phi) is 6.19. The Hall–Kier alpha value is -4.18. The molecule has 0 atom stereocenters. The first kappa shape index (κ1) is 22.6. The molecule has 4 aromatic rings. The standard InChI is InChI=1S/C25H23F2N7O/c1-32-25(33-12-14-35-15-13-33)23(24(31-32)18-2-4-19(26)5-3-18)20-6-7-22(28)34(30-20)11-9-17-8-10-29-21(27)16-17/h2-11,16,28H,12-15H2,1H3/b11-9+,28-22?. The van der Waals surface area contributed by atoms with Gasteiger partial charge in [0.1, 0.15) is 22.8 Å². The largest absolute Gasteiger partial charge is 0.378 e. The number of hydrogen-bond donors (Lipinski definition) is 1. The number of aryl methyl sites for hydroxylation is 1. The van der Waals surface area contributed by atoms with E-state index in [1.54, 1.807) is 47.3 Å². The van der Waals surface area contributed by atoms with Crippen molar-refractivity contribution in [2.75, 3.05) is 31.2 Å². The van der Waals surface area contributed by atoms with Crippen LogP contribution in [-0.4, -0.2) is 50.8 Å². The van der Waals surface area contributed by atoms with Crippen molar-refractivity contribution in [3.63, 3.8) is 0 Å². The van der Waals surface area contributed by atoms with E-state index in [-0.39, 0.29) is 11.3 Å². The van der Waals surface area contributed by atoms with Crippen molar-refractivity contribution in [2.45, 2.75) is 0 Å². The van der Waals surface area contributed by atoms with Crippen LogP contribution in [0.4, 0.5) is 14.6 Å². The van der Waals surface area contributed by atoms with Crippen LogP contribution in [0.5, 0.6) is 0 Å². The van der Waals surface area contributed by atoms with Gasteiger partial charge in [0.2, 0.25) is 5.95 Å². The number of anilines is 1. The quantitative estimate of drug-likeness (QED) is 0.446. The van der Waals surface area contributed by atoms with Crippen LogP contribution in [0.1, 0.15) is 5.56 Å². The highest BCUT2D eigenvalue weighted by atomic mass is 19.1. The Morgan fingerprint density at radius 1 is 1.00 bits per heavy atom. The molecule has 10 heteroatoms. The van der Waals surface area contributed by atoms with Crippen LogP contribution >= 0.6 is 0 Å². The average Bonchev–Trinajstić information content (AvgIpc) is 3.21. The number of aromatic nitrogens is 5. The van der Waals surface area contributed by atoms with Crippen LogP contribution in [0.2, 0.25) is 0 Å². The van der Waals surface area contributed by atoms with E-state index in [1.807, 2.05) is 7.05 Å². The lowest BCUT2D eigenvalue weighted by Gasteiger charge is -2.29. The molecule has 0 unspecified atom stereocenters. The summed E-state index contributed by atoms with van der Waals surface area (Å²) in [5, 5.41) is 17.8. The van der Waals surface area contributed by atoms with Gasteiger partial charge in [-0.05, 0) is 54.1 Å². The highest BCUT2D eigenvalue weighted by Crippen LogP contribution is 2.38. The van der Waals surface area contributed by atoms with E-state index in [0.717, 1.165) is 16.9 Å². The molecule has 35 heavy (non-hydrogen) atoms. The van der Waals surface area contributed by atoms with Gasteiger partial charge in [-0.1, -0.05) is 0 Å². The van der Waals surface area contributed by atoms with E-state index >= 15 is 0 Å². The zero-order valence-electron chi connectivity index (χ0n) is 19.0.